The van der Waals surface area contributed by atoms with E-state index < -0.39 is 0 Å². The van der Waals surface area contributed by atoms with Crippen molar-refractivity contribution in [1.82, 2.24) is 0 Å². The van der Waals surface area contributed by atoms with Gasteiger partial charge in [-0.15, -0.1) is 0 Å². The Labute approximate surface area is 115 Å². The molecule has 1 aromatic carbocycles. The fraction of sp³-hybridized carbons (Fsp3) is 0.333. The van der Waals surface area contributed by atoms with Crippen LogP contribution in [0.15, 0.2) is 40.3 Å². The van der Waals surface area contributed by atoms with Crippen LogP contribution in [0.2, 0.25) is 0 Å². The van der Waals surface area contributed by atoms with Crippen LogP contribution >= 0.6 is 0 Å². The fourth-order valence-electron chi connectivity index (χ4n) is 0.798. The van der Waals surface area contributed by atoms with Crippen molar-refractivity contribution in [3.63, 3.8) is 0 Å². The summed E-state index contributed by atoms with van der Waals surface area (Å²) in [4.78, 5) is 7.22. The maximum Gasteiger partial charge on any atom is 3.00 e. The molecule has 1 radical (unpaired) electrons. The Bertz CT molecular complexity index is 250. The van der Waals surface area contributed by atoms with Gasteiger partial charge in [0, 0.05) is 13.1 Å². The average Bonchev–Trinajstić information content (AvgIpc) is 3.10. The summed E-state index contributed by atoms with van der Waals surface area (Å²) in [5.74, 6) is 0. The van der Waals surface area contributed by atoms with Gasteiger partial charge in [0.05, 0.1) is 13.2 Å². The second kappa shape index (κ2) is 12.9. The van der Waals surface area contributed by atoms with E-state index in [1.807, 2.05) is 30.3 Å². The molecule has 0 amide bonds. The van der Waals surface area contributed by atoms with Gasteiger partial charge in [0.1, 0.15) is 0 Å². The molecule has 0 unspecified atom stereocenters. The third-order valence-corrected chi connectivity index (χ3v) is 1.48. The molecule has 0 atom stereocenters. The molecule has 0 aromatic heterocycles. The number of benzene rings is 1. The molecule has 5 heteroatoms. The smallest absolute Gasteiger partial charge is 0.674 e. The van der Waals surface area contributed by atoms with Crippen molar-refractivity contribution < 1.29 is 29.0 Å². The van der Waals surface area contributed by atoms with Crippen LogP contribution in [-0.4, -0.2) is 39.1 Å². The van der Waals surface area contributed by atoms with Crippen LogP contribution in [-0.2, 0) is 29.0 Å². The summed E-state index contributed by atoms with van der Waals surface area (Å²) in [6.07, 6.45) is 4.69. The fourth-order valence-corrected chi connectivity index (χ4v) is 0.798. The minimum Gasteiger partial charge on any atom is -0.674 e. The van der Waals surface area contributed by atoms with E-state index in [1.165, 1.54) is 0 Å². The van der Waals surface area contributed by atoms with Crippen LogP contribution in [0.25, 0.3) is 0 Å². The number of hydrogen-bond acceptors (Lipinski definition) is 4. The Kier molecular flexibility index (Phi) is 11.9. The zero-order valence-corrected chi connectivity index (χ0v) is 11.0. The largest absolute Gasteiger partial charge is 3.00 e. The van der Waals surface area contributed by atoms with Gasteiger partial charge in [0.15, 0.2) is 0 Å². The summed E-state index contributed by atoms with van der Waals surface area (Å²) < 4.78 is 9.06. The quantitative estimate of drug-likeness (QED) is 0.535. The molecule has 2 aliphatic rings. The van der Waals surface area contributed by atoms with Gasteiger partial charge in [-0.25, -0.2) is 12.8 Å². The molecular weight excluding hydrogens is 305 g/mol. The Morgan fingerprint density at radius 2 is 1.35 bits per heavy atom. The minimum atomic E-state index is 0. The van der Waals surface area contributed by atoms with Gasteiger partial charge < -0.3 is 19.5 Å². The van der Waals surface area contributed by atoms with Gasteiger partial charge in [0.2, 0.25) is 0 Å². The molecule has 4 nitrogen and oxygen atoms in total. The number of ether oxygens (including phenoxy) is 2. The summed E-state index contributed by atoms with van der Waals surface area (Å²) in [5, 5.41) is 0. The molecule has 3 rings (SSSR count). The number of rotatable bonds is 0. The van der Waals surface area contributed by atoms with E-state index in [-0.39, 0.29) is 19.5 Å². The molecule has 1 aromatic rings. The first kappa shape index (κ1) is 15.8. The second-order valence-corrected chi connectivity index (χ2v) is 2.72. The van der Waals surface area contributed by atoms with E-state index in [0.29, 0.717) is 0 Å². The molecule has 0 aliphatic carbocycles. The zero-order valence-electron chi connectivity index (χ0n) is 9.28. The van der Waals surface area contributed by atoms with E-state index in [0.717, 1.165) is 26.3 Å². The Morgan fingerprint density at radius 3 is 1.47 bits per heavy atom. The minimum absolute atomic E-state index is 0. The van der Waals surface area contributed by atoms with Crippen LogP contribution in [0.4, 0.5) is 0 Å². The van der Waals surface area contributed by atoms with Gasteiger partial charge >= 0.3 is 19.5 Å². The van der Waals surface area contributed by atoms with Crippen LogP contribution in [0, 0.1) is 6.07 Å². The molecule has 17 heavy (non-hydrogen) atoms. The van der Waals surface area contributed by atoms with E-state index in [2.05, 4.69) is 38.3 Å². The van der Waals surface area contributed by atoms with Crippen molar-refractivity contribution in [2.45, 2.75) is 0 Å². The first-order valence-electron chi connectivity index (χ1n) is 4.98. The van der Waals surface area contributed by atoms with Gasteiger partial charge in [-0.05, 0) is 0 Å². The normalized spacial score (nSPS) is 14.1. The Hall–Kier alpha value is -1.22. The van der Waals surface area contributed by atoms with Crippen LogP contribution in [0.3, 0.4) is 0 Å². The number of nitrogens with zero attached hydrogens (tertiary/aromatic N) is 2. The predicted molar refractivity (Wildman–Crippen MR) is 61.8 cm³/mol. The molecule has 0 saturated heterocycles. The van der Waals surface area contributed by atoms with Crippen molar-refractivity contribution in [2.24, 2.45) is 9.98 Å². The second-order valence-electron chi connectivity index (χ2n) is 2.72. The Morgan fingerprint density at radius 1 is 0.824 bits per heavy atom. The molecule has 0 bridgehead atoms. The summed E-state index contributed by atoms with van der Waals surface area (Å²) >= 11 is 0. The van der Waals surface area contributed by atoms with E-state index in [1.54, 1.807) is 0 Å². The van der Waals surface area contributed by atoms with Gasteiger partial charge in [-0.1, -0.05) is 0 Å². The predicted octanol–water partition coefficient (Wildman–Crippen LogP) is 1.33. The van der Waals surface area contributed by atoms with Crippen LogP contribution in [0.1, 0.15) is 0 Å². The zero-order chi connectivity index (χ0) is 11.3. The van der Waals surface area contributed by atoms with Gasteiger partial charge in [-0.2, -0.15) is 36.4 Å². The molecule has 2 heterocycles. The molecule has 0 saturated carbocycles. The topological polar surface area (TPSA) is 43.2 Å². The first-order chi connectivity index (χ1) is 8.00. The van der Waals surface area contributed by atoms with E-state index in [9.17, 15) is 0 Å². The molecule has 0 spiro atoms. The molecule has 0 N–H and O–H groups in total. The van der Waals surface area contributed by atoms with E-state index >= 15 is 0 Å². The van der Waals surface area contributed by atoms with Crippen LogP contribution < -0.4 is 0 Å². The SMILES string of the molecule is [C-]1=NCCO1.[C-]1=NCCO1.[Ru+3].[c-]1ccccc1. The van der Waals surface area contributed by atoms with E-state index in [4.69, 9.17) is 0 Å². The molecule has 91 valence electrons. The number of aliphatic imine (C=N–C) groups is 2. The summed E-state index contributed by atoms with van der Waals surface area (Å²) in [6, 6.07) is 12.5. The van der Waals surface area contributed by atoms with Crippen molar-refractivity contribution in [1.29, 1.82) is 0 Å². The monoisotopic (exact) mass is 319 g/mol. The van der Waals surface area contributed by atoms with Crippen molar-refractivity contribution in [2.75, 3.05) is 26.3 Å². The standard InChI is InChI=1S/C6H5.2C3H4NO.Ru/c1-2-4-6-5-3-1;2*1-2-5-3-4-1;/h1-5H;2*1-2H2;/q3*-1;+3. The van der Waals surface area contributed by atoms with Crippen molar-refractivity contribution in [3.05, 3.63) is 36.4 Å². The average molecular weight is 318 g/mol. The van der Waals surface area contributed by atoms with Crippen LogP contribution in [0.5, 0.6) is 0 Å². The van der Waals surface area contributed by atoms with Gasteiger partial charge in [-0.3, -0.25) is 0 Å². The summed E-state index contributed by atoms with van der Waals surface area (Å²) in [5.41, 5.74) is 0. The maximum absolute atomic E-state index is 4.53. The van der Waals surface area contributed by atoms with Crippen molar-refractivity contribution >= 4 is 12.8 Å². The van der Waals surface area contributed by atoms with Gasteiger partial charge in [0.25, 0.3) is 0 Å². The maximum atomic E-state index is 4.53. The third-order valence-electron chi connectivity index (χ3n) is 1.48. The molecule has 0 fully saturated rings. The molecule has 2 aliphatic heterocycles. The Balaban J connectivity index is 0.000000221. The molecular formula is C12H13N2O2Ru. The summed E-state index contributed by atoms with van der Waals surface area (Å²) in [7, 11) is 0. The third kappa shape index (κ3) is 11.1. The summed E-state index contributed by atoms with van der Waals surface area (Å²) in [6.45, 7) is 3.03. The first-order valence-corrected chi connectivity index (χ1v) is 4.98. The number of hydrogen-bond donors (Lipinski definition) is 0. The van der Waals surface area contributed by atoms with Crippen molar-refractivity contribution in [3.8, 4) is 0 Å².